The van der Waals surface area contributed by atoms with E-state index in [1.54, 1.807) is 0 Å². The SMILES string of the molecule is CC1(C)OC23CCC4(C)C(CCC5Cc6c([nH]c7ccccc67)C54)C2=CC(=O)C1O3.OCCO. The molecule has 1 spiro atoms. The van der Waals surface area contributed by atoms with Crippen LogP contribution in [0.1, 0.15) is 63.6 Å². The molecule has 0 amide bonds. The molecule has 34 heavy (non-hydrogen) atoms. The first kappa shape index (κ1) is 22.5. The Morgan fingerprint density at radius 3 is 2.62 bits per heavy atom. The number of H-pyrrole nitrogens is 1. The van der Waals surface area contributed by atoms with Crippen LogP contribution in [0.3, 0.4) is 0 Å². The van der Waals surface area contributed by atoms with E-state index < -0.39 is 17.5 Å². The number of aromatic nitrogens is 1. The van der Waals surface area contributed by atoms with E-state index in [1.807, 2.05) is 19.9 Å². The summed E-state index contributed by atoms with van der Waals surface area (Å²) in [5.41, 5.74) is 4.95. The summed E-state index contributed by atoms with van der Waals surface area (Å²) in [6, 6.07) is 8.74. The Balaban J connectivity index is 0.000000507. The average Bonchev–Trinajstić information content (AvgIpc) is 3.42. The Labute approximate surface area is 200 Å². The maximum Gasteiger partial charge on any atom is 0.193 e. The number of para-hydroxylation sites is 1. The number of hydrogen-bond donors (Lipinski definition) is 3. The summed E-state index contributed by atoms with van der Waals surface area (Å²) in [6.45, 7) is 6.22. The van der Waals surface area contributed by atoms with Crippen LogP contribution in [0.5, 0.6) is 0 Å². The number of rotatable bonds is 1. The quantitative estimate of drug-likeness (QED) is 0.592. The van der Waals surface area contributed by atoms with Gasteiger partial charge in [-0.25, -0.2) is 0 Å². The highest BCUT2D eigenvalue weighted by molar-refractivity contribution is 5.97. The molecule has 3 fully saturated rings. The van der Waals surface area contributed by atoms with Gasteiger partial charge in [0, 0.05) is 28.9 Å². The largest absolute Gasteiger partial charge is 0.394 e. The van der Waals surface area contributed by atoms with Gasteiger partial charge in [0.15, 0.2) is 17.7 Å². The molecule has 2 aliphatic heterocycles. The molecule has 6 heteroatoms. The fourth-order valence-electron chi connectivity index (χ4n) is 7.98. The van der Waals surface area contributed by atoms with E-state index in [1.165, 1.54) is 35.0 Å². The second-order valence-corrected chi connectivity index (χ2v) is 11.5. The number of carbonyl (C=O) groups excluding carboxylic acids is 1. The van der Waals surface area contributed by atoms with Gasteiger partial charge in [-0.05, 0) is 80.1 Å². The maximum absolute atomic E-state index is 13.0. The molecule has 6 nitrogen and oxygen atoms in total. The molecule has 2 aromatic rings. The standard InChI is InChI=1S/C26H29NO3.C2H6O2/c1-24(2)23-20(28)13-18-17-9-8-14-12-16-15-6-4-5-7-19(15)27-22(16)21(14)25(17,3)10-11-26(18,29-23)30-24;3-1-2-4/h4-7,13-14,17,21,23,27H,8-12H2,1-3H3;3-4H,1-2H2. The molecule has 6 unspecified atom stereocenters. The van der Waals surface area contributed by atoms with Crippen LogP contribution in [-0.4, -0.2) is 51.7 Å². The van der Waals surface area contributed by atoms with Crippen LogP contribution in [0, 0.1) is 17.3 Å². The number of ether oxygens (including phenoxy) is 2. The molecular weight excluding hydrogens is 430 g/mol. The van der Waals surface area contributed by atoms with Gasteiger partial charge in [0.05, 0.1) is 13.2 Å². The van der Waals surface area contributed by atoms with Crippen molar-refractivity contribution in [2.75, 3.05) is 13.2 Å². The van der Waals surface area contributed by atoms with Crippen molar-refractivity contribution in [3.63, 3.8) is 0 Å². The Bertz CT molecular complexity index is 1180. The Morgan fingerprint density at radius 2 is 1.85 bits per heavy atom. The molecule has 1 saturated heterocycles. The van der Waals surface area contributed by atoms with E-state index >= 15 is 0 Å². The maximum atomic E-state index is 13.0. The first-order chi connectivity index (χ1) is 16.2. The first-order valence-electron chi connectivity index (χ1n) is 12.7. The number of nitrogens with one attached hydrogen (secondary N) is 1. The smallest absolute Gasteiger partial charge is 0.193 e. The zero-order chi connectivity index (χ0) is 23.9. The zero-order valence-corrected chi connectivity index (χ0v) is 20.3. The summed E-state index contributed by atoms with van der Waals surface area (Å²) < 4.78 is 12.9. The lowest BCUT2D eigenvalue weighted by Gasteiger charge is -2.57. The number of fused-ring (bicyclic) bond motifs is 9. The summed E-state index contributed by atoms with van der Waals surface area (Å²) in [5.74, 6) is 0.955. The van der Waals surface area contributed by atoms with Gasteiger partial charge in [0.2, 0.25) is 0 Å². The third-order valence-electron chi connectivity index (χ3n) is 9.26. The highest BCUT2D eigenvalue weighted by Gasteiger charge is 2.66. The van der Waals surface area contributed by atoms with Crippen molar-refractivity contribution in [2.45, 2.75) is 76.3 Å². The van der Waals surface area contributed by atoms with Gasteiger partial charge in [-0.15, -0.1) is 0 Å². The summed E-state index contributed by atoms with van der Waals surface area (Å²) >= 11 is 0. The molecule has 1 aromatic heterocycles. The van der Waals surface area contributed by atoms with Crippen LogP contribution < -0.4 is 0 Å². The van der Waals surface area contributed by atoms with E-state index in [0.29, 0.717) is 17.8 Å². The lowest BCUT2D eigenvalue weighted by molar-refractivity contribution is -0.199. The van der Waals surface area contributed by atoms with Crippen molar-refractivity contribution in [1.29, 1.82) is 0 Å². The minimum absolute atomic E-state index is 0.0900. The molecular formula is C28H35NO5. The molecule has 3 N–H and O–H groups in total. The molecule has 3 heterocycles. The molecule has 182 valence electrons. The number of aliphatic hydroxyl groups is 2. The minimum atomic E-state index is -0.680. The van der Waals surface area contributed by atoms with Crippen LogP contribution in [0.4, 0.5) is 0 Å². The van der Waals surface area contributed by atoms with E-state index in [4.69, 9.17) is 19.7 Å². The van der Waals surface area contributed by atoms with Gasteiger partial charge in [0.1, 0.15) is 5.60 Å². The topological polar surface area (TPSA) is 91.8 Å². The highest BCUT2D eigenvalue weighted by Crippen LogP contribution is 2.68. The van der Waals surface area contributed by atoms with Gasteiger partial charge >= 0.3 is 0 Å². The lowest BCUT2D eigenvalue weighted by atomic mass is 9.50. The highest BCUT2D eigenvalue weighted by atomic mass is 16.8. The van der Waals surface area contributed by atoms with Gasteiger partial charge in [-0.3, -0.25) is 4.79 Å². The van der Waals surface area contributed by atoms with E-state index in [-0.39, 0.29) is 24.4 Å². The van der Waals surface area contributed by atoms with Crippen molar-refractivity contribution in [3.8, 4) is 0 Å². The van der Waals surface area contributed by atoms with Gasteiger partial charge < -0.3 is 24.7 Å². The Hall–Kier alpha value is -1.99. The number of aliphatic hydroxyl groups excluding tert-OH is 2. The average molecular weight is 466 g/mol. The number of benzene rings is 1. The molecule has 7 rings (SSSR count). The van der Waals surface area contributed by atoms with Crippen LogP contribution in [0.2, 0.25) is 0 Å². The third kappa shape index (κ3) is 2.92. The number of aromatic amines is 1. The zero-order valence-electron chi connectivity index (χ0n) is 20.3. The fraction of sp³-hybridized carbons (Fsp3) is 0.607. The molecule has 1 aromatic carbocycles. The normalized spacial score (nSPS) is 38.9. The van der Waals surface area contributed by atoms with E-state index in [0.717, 1.165) is 24.8 Å². The number of ketones is 1. The minimum Gasteiger partial charge on any atom is -0.394 e. The number of hydrogen-bond acceptors (Lipinski definition) is 5. The van der Waals surface area contributed by atoms with Gasteiger partial charge in [0.25, 0.3) is 0 Å². The predicted octanol–water partition coefficient (Wildman–Crippen LogP) is 4.00. The molecule has 2 bridgehead atoms. The van der Waals surface area contributed by atoms with Crippen LogP contribution >= 0.6 is 0 Å². The third-order valence-corrected chi connectivity index (χ3v) is 9.26. The fourth-order valence-corrected chi connectivity index (χ4v) is 7.98. The molecule has 3 aliphatic carbocycles. The molecule has 5 aliphatic rings. The second kappa shape index (κ2) is 7.50. The second-order valence-electron chi connectivity index (χ2n) is 11.5. The number of carbonyl (C=O) groups is 1. The summed E-state index contributed by atoms with van der Waals surface area (Å²) in [4.78, 5) is 16.8. The summed E-state index contributed by atoms with van der Waals surface area (Å²) in [5, 5.41) is 16.6. The van der Waals surface area contributed by atoms with Crippen LogP contribution in [0.25, 0.3) is 10.9 Å². The Kier molecular flexibility index (Phi) is 4.96. The van der Waals surface area contributed by atoms with Gasteiger partial charge in [-0.2, -0.15) is 0 Å². The monoisotopic (exact) mass is 465 g/mol. The van der Waals surface area contributed by atoms with Crippen molar-refractivity contribution < 1.29 is 24.5 Å². The molecule has 2 saturated carbocycles. The van der Waals surface area contributed by atoms with Crippen molar-refractivity contribution >= 4 is 16.7 Å². The van der Waals surface area contributed by atoms with E-state index in [9.17, 15) is 4.79 Å². The summed E-state index contributed by atoms with van der Waals surface area (Å²) in [7, 11) is 0. The predicted molar refractivity (Wildman–Crippen MR) is 128 cm³/mol. The lowest BCUT2D eigenvalue weighted by Crippen LogP contribution is -2.54. The Morgan fingerprint density at radius 1 is 1.09 bits per heavy atom. The molecule has 0 radical (unpaired) electrons. The first-order valence-corrected chi connectivity index (χ1v) is 12.7. The van der Waals surface area contributed by atoms with Crippen molar-refractivity contribution in [2.24, 2.45) is 17.3 Å². The molecule has 6 atom stereocenters. The van der Waals surface area contributed by atoms with Gasteiger partial charge in [-0.1, -0.05) is 25.1 Å². The van der Waals surface area contributed by atoms with Crippen molar-refractivity contribution in [1.82, 2.24) is 4.98 Å². The summed E-state index contributed by atoms with van der Waals surface area (Å²) in [6.07, 6.45) is 6.88. The van der Waals surface area contributed by atoms with Crippen LogP contribution in [0.15, 0.2) is 35.9 Å². The van der Waals surface area contributed by atoms with Crippen molar-refractivity contribution in [3.05, 3.63) is 47.2 Å². The van der Waals surface area contributed by atoms with Crippen LogP contribution in [-0.2, 0) is 20.7 Å². The van der Waals surface area contributed by atoms with E-state index in [2.05, 4.69) is 36.2 Å².